The topological polar surface area (TPSA) is 91.8 Å². The number of aliphatic carboxylic acids is 1. The van der Waals surface area contributed by atoms with E-state index in [4.69, 9.17) is 9.84 Å². The van der Waals surface area contributed by atoms with Crippen LogP contribution < -0.4 is 10.2 Å². The average Bonchev–Trinajstić information content (AvgIpc) is 2.38. The molecule has 1 heterocycles. The van der Waals surface area contributed by atoms with E-state index in [1.54, 1.807) is 18.3 Å². The highest BCUT2D eigenvalue weighted by atomic mass is 16.5. The molecule has 7 nitrogen and oxygen atoms in total. The van der Waals surface area contributed by atoms with Crippen LogP contribution in [-0.2, 0) is 9.53 Å². The summed E-state index contributed by atoms with van der Waals surface area (Å²) in [6.07, 6.45) is 3.09. The molecule has 0 saturated heterocycles. The summed E-state index contributed by atoms with van der Waals surface area (Å²) in [6.45, 7) is -0.0953. The summed E-state index contributed by atoms with van der Waals surface area (Å²) in [5, 5.41) is 11.2. The fourth-order valence-electron chi connectivity index (χ4n) is 1.26. The molecular weight excluding hydrogens is 238 g/mol. The number of anilines is 1. The number of amides is 2. The van der Waals surface area contributed by atoms with Gasteiger partial charge in [0.25, 0.3) is 0 Å². The predicted molar refractivity (Wildman–Crippen MR) is 64.5 cm³/mol. The first-order chi connectivity index (χ1) is 8.56. The van der Waals surface area contributed by atoms with Gasteiger partial charge in [-0.25, -0.2) is 9.59 Å². The van der Waals surface area contributed by atoms with Crippen molar-refractivity contribution < 1.29 is 19.4 Å². The number of methoxy groups -OCH3 is 1. The fraction of sp³-hybridized carbons (Fsp3) is 0.364. The molecule has 1 rings (SSSR count). The molecule has 98 valence electrons. The first-order valence-corrected chi connectivity index (χ1v) is 5.22. The van der Waals surface area contributed by atoms with E-state index in [2.05, 4.69) is 10.3 Å². The van der Waals surface area contributed by atoms with Crippen molar-refractivity contribution in [3.8, 4) is 0 Å². The van der Waals surface area contributed by atoms with Crippen LogP contribution in [0.4, 0.5) is 10.5 Å². The number of aromatic nitrogens is 1. The highest BCUT2D eigenvalue weighted by Crippen LogP contribution is 2.09. The van der Waals surface area contributed by atoms with Crippen LogP contribution in [0, 0.1) is 0 Å². The van der Waals surface area contributed by atoms with Crippen LogP contribution in [0.2, 0.25) is 0 Å². The van der Waals surface area contributed by atoms with Crippen LogP contribution in [0.1, 0.15) is 0 Å². The van der Waals surface area contributed by atoms with E-state index in [0.29, 0.717) is 5.69 Å². The summed E-state index contributed by atoms with van der Waals surface area (Å²) in [7, 11) is 2.89. The van der Waals surface area contributed by atoms with Crippen molar-refractivity contribution in [2.45, 2.75) is 6.04 Å². The van der Waals surface area contributed by atoms with Gasteiger partial charge in [0.2, 0.25) is 0 Å². The molecule has 1 atom stereocenters. The van der Waals surface area contributed by atoms with E-state index < -0.39 is 18.0 Å². The SMILES string of the molecule is COCC(NC(=O)N(C)c1cccnc1)C(=O)O. The van der Waals surface area contributed by atoms with Gasteiger partial charge in [0.05, 0.1) is 18.5 Å². The number of ether oxygens (including phenoxy) is 1. The minimum Gasteiger partial charge on any atom is -0.480 e. The number of hydrogen-bond acceptors (Lipinski definition) is 4. The molecule has 0 radical (unpaired) electrons. The number of nitrogens with one attached hydrogen (secondary N) is 1. The summed E-state index contributed by atoms with van der Waals surface area (Å²) >= 11 is 0. The third-order valence-corrected chi connectivity index (χ3v) is 2.27. The van der Waals surface area contributed by atoms with Crippen molar-refractivity contribution >= 4 is 17.7 Å². The fourth-order valence-corrected chi connectivity index (χ4v) is 1.26. The van der Waals surface area contributed by atoms with E-state index in [1.165, 1.54) is 25.3 Å². The zero-order chi connectivity index (χ0) is 13.5. The van der Waals surface area contributed by atoms with Gasteiger partial charge in [-0.15, -0.1) is 0 Å². The lowest BCUT2D eigenvalue weighted by Gasteiger charge is -2.20. The monoisotopic (exact) mass is 253 g/mol. The molecule has 1 aromatic heterocycles. The van der Waals surface area contributed by atoms with Gasteiger partial charge in [0.1, 0.15) is 0 Å². The average molecular weight is 253 g/mol. The van der Waals surface area contributed by atoms with Gasteiger partial charge in [-0.3, -0.25) is 9.88 Å². The van der Waals surface area contributed by atoms with Crippen molar-refractivity contribution in [1.82, 2.24) is 10.3 Å². The molecule has 0 aromatic carbocycles. The molecule has 0 fully saturated rings. The molecule has 0 aliphatic rings. The van der Waals surface area contributed by atoms with Crippen LogP contribution in [0.5, 0.6) is 0 Å². The van der Waals surface area contributed by atoms with Gasteiger partial charge < -0.3 is 15.2 Å². The second-order valence-electron chi connectivity index (χ2n) is 3.57. The number of urea groups is 1. The number of pyridine rings is 1. The van der Waals surface area contributed by atoms with E-state index >= 15 is 0 Å². The largest absolute Gasteiger partial charge is 0.480 e. The Kier molecular flexibility index (Phi) is 5.06. The van der Waals surface area contributed by atoms with Gasteiger partial charge in [-0.1, -0.05) is 0 Å². The van der Waals surface area contributed by atoms with Gasteiger partial charge >= 0.3 is 12.0 Å². The molecule has 1 unspecified atom stereocenters. The number of carbonyl (C=O) groups excluding carboxylic acids is 1. The summed E-state index contributed by atoms with van der Waals surface area (Å²) < 4.78 is 4.73. The second kappa shape index (κ2) is 6.55. The third kappa shape index (κ3) is 3.70. The maximum Gasteiger partial charge on any atom is 0.328 e. The highest BCUT2D eigenvalue weighted by molar-refractivity contribution is 5.93. The number of nitrogens with zero attached hydrogens (tertiary/aromatic N) is 2. The zero-order valence-electron chi connectivity index (χ0n) is 10.2. The second-order valence-corrected chi connectivity index (χ2v) is 3.57. The maximum atomic E-state index is 11.8. The van der Waals surface area contributed by atoms with Crippen molar-refractivity contribution in [3.63, 3.8) is 0 Å². The van der Waals surface area contributed by atoms with Gasteiger partial charge in [-0.2, -0.15) is 0 Å². The van der Waals surface area contributed by atoms with Crippen molar-refractivity contribution in [2.75, 3.05) is 25.7 Å². The first-order valence-electron chi connectivity index (χ1n) is 5.22. The van der Waals surface area contributed by atoms with Crippen molar-refractivity contribution in [3.05, 3.63) is 24.5 Å². The van der Waals surface area contributed by atoms with Gasteiger partial charge in [0, 0.05) is 20.4 Å². The Morgan fingerprint density at radius 1 is 1.61 bits per heavy atom. The molecule has 0 spiro atoms. The molecule has 7 heteroatoms. The Balaban J connectivity index is 2.67. The molecule has 0 bridgehead atoms. The Bertz CT molecular complexity index is 410. The lowest BCUT2D eigenvalue weighted by molar-refractivity contribution is -0.140. The van der Waals surface area contributed by atoms with Crippen molar-refractivity contribution in [2.24, 2.45) is 0 Å². The van der Waals surface area contributed by atoms with E-state index in [1.807, 2.05) is 0 Å². The van der Waals surface area contributed by atoms with Crippen LogP contribution in [0.15, 0.2) is 24.5 Å². The molecule has 2 N–H and O–H groups in total. The number of hydrogen-bond donors (Lipinski definition) is 2. The number of carboxylic acid groups (broad SMARTS) is 1. The number of rotatable bonds is 5. The zero-order valence-corrected chi connectivity index (χ0v) is 10.2. The van der Waals surface area contributed by atoms with E-state index in [0.717, 1.165) is 0 Å². The van der Waals surface area contributed by atoms with Crippen LogP contribution >= 0.6 is 0 Å². The van der Waals surface area contributed by atoms with Gasteiger partial charge in [-0.05, 0) is 12.1 Å². The molecule has 18 heavy (non-hydrogen) atoms. The molecule has 0 aliphatic heterocycles. The van der Waals surface area contributed by atoms with Crippen LogP contribution in [-0.4, -0.2) is 48.9 Å². The Morgan fingerprint density at radius 3 is 2.83 bits per heavy atom. The smallest absolute Gasteiger partial charge is 0.328 e. The third-order valence-electron chi connectivity index (χ3n) is 2.27. The Morgan fingerprint density at radius 2 is 2.33 bits per heavy atom. The van der Waals surface area contributed by atoms with Crippen LogP contribution in [0.3, 0.4) is 0 Å². The lowest BCUT2D eigenvalue weighted by Crippen LogP contribution is -2.48. The summed E-state index contributed by atoms with van der Waals surface area (Å²) in [5.74, 6) is -1.15. The Hall–Kier alpha value is -2.15. The predicted octanol–water partition coefficient (Wildman–Crippen LogP) is 0.327. The standard InChI is InChI=1S/C11H15N3O4/c1-14(8-4-3-5-12-6-8)11(17)13-9(7-18-2)10(15)16/h3-6,9H,7H2,1-2H3,(H,13,17)(H,15,16). The lowest BCUT2D eigenvalue weighted by atomic mass is 10.3. The van der Waals surface area contributed by atoms with E-state index in [-0.39, 0.29) is 6.61 Å². The van der Waals surface area contributed by atoms with Gasteiger partial charge in [0.15, 0.2) is 6.04 Å². The van der Waals surface area contributed by atoms with Crippen molar-refractivity contribution in [1.29, 1.82) is 0 Å². The minimum atomic E-state index is -1.15. The quantitative estimate of drug-likeness (QED) is 0.788. The molecule has 0 saturated carbocycles. The number of carboxylic acids is 1. The highest BCUT2D eigenvalue weighted by Gasteiger charge is 2.22. The first kappa shape index (κ1) is 13.9. The molecule has 1 aromatic rings. The number of carbonyl (C=O) groups is 2. The van der Waals surface area contributed by atoms with E-state index in [9.17, 15) is 9.59 Å². The molecule has 0 aliphatic carbocycles. The molecule has 2 amide bonds. The minimum absolute atomic E-state index is 0.0953. The summed E-state index contributed by atoms with van der Waals surface area (Å²) in [5.41, 5.74) is 0.566. The summed E-state index contributed by atoms with van der Waals surface area (Å²) in [6, 6.07) is 1.76. The maximum absolute atomic E-state index is 11.8. The normalized spacial score (nSPS) is 11.7. The summed E-state index contributed by atoms with van der Waals surface area (Å²) in [4.78, 5) is 27.8. The molecular formula is C11H15N3O4. The van der Waals surface area contributed by atoms with Crippen LogP contribution in [0.25, 0.3) is 0 Å². The Labute approximate surface area is 104 Å².